The molecule has 1 aliphatic carbocycles. The summed E-state index contributed by atoms with van der Waals surface area (Å²) in [5.41, 5.74) is 2.07. The smallest absolute Gasteiger partial charge is 0.233 e. The molecule has 1 aliphatic heterocycles. The largest absolute Gasteiger partial charge is 0.360 e. The third kappa shape index (κ3) is 4.68. The van der Waals surface area contributed by atoms with Crippen molar-refractivity contribution < 1.29 is 13.2 Å². The van der Waals surface area contributed by atoms with Crippen molar-refractivity contribution >= 4 is 38.4 Å². The van der Waals surface area contributed by atoms with Gasteiger partial charge in [-0.25, -0.2) is 8.42 Å². The van der Waals surface area contributed by atoms with Crippen LogP contribution in [0.25, 0.3) is 22.3 Å². The van der Waals surface area contributed by atoms with E-state index in [1.165, 1.54) is 11.8 Å². The van der Waals surface area contributed by atoms with Gasteiger partial charge in [-0.3, -0.25) is 9.36 Å². The monoisotopic (exact) mass is 487 g/mol. The summed E-state index contributed by atoms with van der Waals surface area (Å²) in [4.78, 5) is 18.3. The molecule has 176 valence electrons. The number of nitrogens with one attached hydrogen (secondary N) is 1. The predicted octanol–water partition coefficient (Wildman–Crippen LogP) is 3.53. The summed E-state index contributed by atoms with van der Waals surface area (Å²) in [6.45, 7) is 4.66. The fourth-order valence-corrected chi connectivity index (χ4v) is 7.18. The normalized spacial score (nSPS) is 20.0. The van der Waals surface area contributed by atoms with Crippen LogP contribution >= 0.6 is 11.8 Å². The molecule has 8 nitrogen and oxygen atoms in total. The first-order valence-corrected chi connectivity index (χ1v) is 14.3. The Balaban J connectivity index is 1.37. The molecule has 1 N–H and O–H groups in total. The fourth-order valence-electron chi connectivity index (χ4n) is 4.56. The van der Waals surface area contributed by atoms with E-state index in [0.29, 0.717) is 19.0 Å². The molecule has 2 aromatic heterocycles. The van der Waals surface area contributed by atoms with Crippen LogP contribution in [0.4, 0.5) is 0 Å². The standard InChI is InChI=1S/C23H29N5O3S2/c1-15(2)12-27(17-9-10-33(30,31)14-17)21(29)13-32-23-26-25-22(28(23)16-7-8-16)19-11-24-20-6-4-3-5-18(19)20/h3-6,11,15-17,24H,7-10,12-14H2,1-2H3/t17-/m0/s1. The van der Waals surface area contributed by atoms with E-state index < -0.39 is 9.84 Å². The van der Waals surface area contributed by atoms with Crippen LogP contribution in [0.15, 0.2) is 35.6 Å². The number of nitrogens with zero attached hydrogens (tertiary/aromatic N) is 4. The molecule has 1 aromatic carbocycles. The van der Waals surface area contributed by atoms with Crippen LogP contribution in [0, 0.1) is 5.92 Å². The minimum Gasteiger partial charge on any atom is -0.360 e. The van der Waals surface area contributed by atoms with Gasteiger partial charge >= 0.3 is 0 Å². The molecule has 1 atom stereocenters. The second kappa shape index (κ2) is 8.79. The second-order valence-electron chi connectivity index (χ2n) is 9.44. The fraction of sp³-hybridized carbons (Fsp3) is 0.522. The van der Waals surface area contributed by atoms with Crippen molar-refractivity contribution in [3.63, 3.8) is 0 Å². The van der Waals surface area contributed by atoms with Crippen LogP contribution in [0.1, 0.15) is 39.2 Å². The molecule has 1 saturated heterocycles. The number of amides is 1. The number of carbonyl (C=O) groups is 1. The highest BCUT2D eigenvalue weighted by molar-refractivity contribution is 7.99. The summed E-state index contributed by atoms with van der Waals surface area (Å²) < 4.78 is 26.2. The molecule has 5 rings (SSSR count). The van der Waals surface area contributed by atoms with Crippen molar-refractivity contribution in [3.05, 3.63) is 30.5 Å². The number of carbonyl (C=O) groups excluding carboxylic acids is 1. The first kappa shape index (κ1) is 22.5. The maximum atomic E-state index is 13.2. The first-order valence-electron chi connectivity index (χ1n) is 11.5. The van der Waals surface area contributed by atoms with Gasteiger partial charge in [0.2, 0.25) is 5.91 Å². The lowest BCUT2D eigenvalue weighted by Gasteiger charge is -2.29. The molecule has 3 aromatic rings. The number of aromatic nitrogens is 4. The Morgan fingerprint density at radius 1 is 1.24 bits per heavy atom. The van der Waals surface area contributed by atoms with E-state index in [1.807, 2.05) is 38.2 Å². The maximum Gasteiger partial charge on any atom is 0.233 e. The van der Waals surface area contributed by atoms with E-state index in [4.69, 9.17) is 0 Å². The number of benzene rings is 1. The number of rotatable bonds is 8. The molecular formula is C23H29N5O3S2. The van der Waals surface area contributed by atoms with Crippen LogP contribution in [0.5, 0.6) is 0 Å². The molecule has 2 fully saturated rings. The van der Waals surface area contributed by atoms with E-state index in [2.05, 4.69) is 25.8 Å². The van der Waals surface area contributed by atoms with Crippen molar-refractivity contribution in [2.24, 2.45) is 5.92 Å². The summed E-state index contributed by atoms with van der Waals surface area (Å²) >= 11 is 1.40. The lowest BCUT2D eigenvalue weighted by Crippen LogP contribution is -2.44. The van der Waals surface area contributed by atoms with Crippen LogP contribution in [0.2, 0.25) is 0 Å². The molecule has 0 unspecified atom stereocenters. The van der Waals surface area contributed by atoms with Crippen LogP contribution in [-0.4, -0.2) is 68.8 Å². The summed E-state index contributed by atoms with van der Waals surface area (Å²) in [5.74, 6) is 1.52. The Morgan fingerprint density at radius 3 is 2.73 bits per heavy atom. The zero-order chi connectivity index (χ0) is 23.2. The van der Waals surface area contributed by atoms with Crippen molar-refractivity contribution in [2.75, 3.05) is 23.8 Å². The lowest BCUT2D eigenvalue weighted by molar-refractivity contribution is -0.130. The van der Waals surface area contributed by atoms with Crippen LogP contribution in [0.3, 0.4) is 0 Å². The molecule has 33 heavy (non-hydrogen) atoms. The Labute approximate surface area is 198 Å². The molecule has 1 amide bonds. The van der Waals surface area contributed by atoms with Gasteiger partial charge in [-0.15, -0.1) is 10.2 Å². The number of hydrogen-bond donors (Lipinski definition) is 1. The quantitative estimate of drug-likeness (QED) is 0.488. The Morgan fingerprint density at radius 2 is 2.03 bits per heavy atom. The third-order valence-electron chi connectivity index (χ3n) is 6.26. The topological polar surface area (TPSA) is 101 Å². The van der Waals surface area contributed by atoms with Crippen molar-refractivity contribution in [2.45, 2.75) is 50.4 Å². The molecule has 0 bridgehead atoms. The minimum atomic E-state index is -3.06. The lowest BCUT2D eigenvalue weighted by atomic mass is 10.1. The van der Waals surface area contributed by atoms with Gasteiger partial charge < -0.3 is 9.88 Å². The SMILES string of the molecule is CC(C)CN(C(=O)CSc1nnc(-c2c[nH]c3ccccc23)n1C1CC1)[C@H]1CCS(=O)(=O)C1. The van der Waals surface area contributed by atoms with Gasteiger partial charge in [-0.2, -0.15) is 0 Å². The maximum absolute atomic E-state index is 13.2. The number of thioether (sulfide) groups is 1. The number of aromatic amines is 1. The van der Waals surface area contributed by atoms with Crippen molar-refractivity contribution in [1.82, 2.24) is 24.6 Å². The van der Waals surface area contributed by atoms with Gasteiger partial charge in [0.05, 0.1) is 17.3 Å². The van der Waals surface area contributed by atoms with E-state index in [0.717, 1.165) is 40.3 Å². The van der Waals surface area contributed by atoms with Gasteiger partial charge in [-0.05, 0) is 31.2 Å². The van der Waals surface area contributed by atoms with Crippen molar-refractivity contribution in [3.8, 4) is 11.4 Å². The number of sulfone groups is 1. The molecule has 10 heteroatoms. The zero-order valence-corrected chi connectivity index (χ0v) is 20.5. The Bertz CT molecular complexity index is 1280. The summed E-state index contributed by atoms with van der Waals surface area (Å²) in [6.07, 6.45) is 4.65. The van der Waals surface area contributed by atoms with Crippen molar-refractivity contribution in [1.29, 1.82) is 0 Å². The summed E-state index contributed by atoms with van der Waals surface area (Å²) in [5, 5.41) is 10.8. The number of hydrogen-bond acceptors (Lipinski definition) is 6. The van der Waals surface area contributed by atoms with Gasteiger partial charge in [0.15, 0.2) is 20.8 Å². The van der Waals surface area contributed by atoms with Crippen LogP contribution in [-0.2, 0) is 14.6 Å². The summed E-state index contributed by atoms with van der Waals surface area (Å²) in [7, 11) is -3.06. The molecule has 0 spiro atoms. The van der Waals surface area contributed by atoms with E-state index in [9.17, 15) is 13.2 Å². The molecule has 3 heterocycles. The Hall–Kier alpha value is -2.33. The number of fused-ring (bicyclic) bond motifs is 1. The highest BCUT2D eigenvalue weighted by Gasteiger charge is 2.36. The molecule has 2 aliphatic rings. The number of para-hydroxylation sites is 1. The number of H-pyrrole nitrogens is 1. The van der Waals surface area contributed by atoms with Gasteiger partial charge in [0.1, 0.15) is 0 Å². The Kier molecular flexibility index (Phi) is 5.98. The van der Waals surface area contributed by atoms with E-state index in [-0.39, 0.29) is 35.1 Å². The van der Waals surface area contributed by atoms with Gasteiger partial charge in [0.25, 0.3) is 0 Å². The molecule has 0 radical (unpaired) electrons. The van der Waals surface area contributed by atoms with Crippen LogP contribution < -0.4 is 0 Å². The van der Waals surface area contributed by atoms with E-state index >= 15 is 0 Å². The summed E-state index contributed by atoms with van der Waals surface area (Å²) in [6, 6.07) is 8.25. The van der Waals surface area contributed by atoms with Gasteiger partial charge in [0, 0.05) is 41.3 Å². The predicted molar refractivity (Wildman–Crippen MR) is 130 cm³/mol. The second-order valence-corrected chi connectivity index (χ2v) is 12.6. The zero-order valence-electron chi connectivity index (χ0n) is 18.9. The molecule has 1 saturated carbocycles. The molecular weight excluding hydrogens is 458 g/mol. The van der Waals surface area contributed by atoms with E-state index in [1.54, 1.807) is 4.90 Å². The highest BCUT2D eigenvalue weighted by atomic mass is 32.2. The highest BCUT2D eigenvalue weighted by Crippen LogP contribution is 2.42. The average Bonchev–Trinajstić information content (AvgIpc) is 3.22. The first-order chi connectivity index (χ1) is 15.8. The average molecular weight is 488 g/mol. The third-order valence-corrected chi connectivity index (χ3v) is 8.94. The minimum absolute atomic E-state index is 0.0326. The van der Waals surface area contributed by atoms with Gasteiger partial charge in [-0.1, -0.05) is 43.8 Å².